The summed E-state index contributed by atoms with van der Waals surface area (Å²) in [4.78, 5) is 12.4. The maximum Gasteiger partial charge on any atom is 0.227 e. The fourth-order valence-electron chi connectivity index (χ4n) is 3.08. The van der Waals surface area contributed by atoms with Crippen molar-refractivity contribution >= 4 is 5.91 Å². The van der Waals surface area contributed by atoms with Crippen molar-refractivity contribution in [1.82, 2.24) is 20.1 Å². The third kappa shape index (κ3) is 2.68. The fraction of sp³-hybridized carbons (Fsp3) is 0.438. The Hall–Kier alpha value is -2.37. The van der Waals surface area contributed by atoms with Crippen LogP contribution in [0.25, 0.3) is 0 Å². The lowest BCUT2D eigenvalue weighted by molar-refractivity contribution is -0.122. The highest BCUT2D eigenvalue weighted by molar-refractivity contribution is 5.85. The van der Waals surface area contributed by atoms with Crippen molar-refractivity contribution in [3.8, 4) is 5.75 Å². The summed E-state index contributed by atoms with van der Waals surface area (Å²) < 4.78 is 1.96. The molecule has 2 N–H and O–H groups in total. The van der Waals surface area contributed by atoms with Gasteiger partial charge in [0, 0.05) is 25.1 Å². The molecule has 1 aromatic heterocycles. The van der Waals surface area contributed by atoms with Crippen LogP contribution in [0, 0.1) is 0 Å². The summed E-state index contributed by atoms with van der Waals surface area (Å²) in [6.45, 7) is 3.38. The second kappa shape index (κ2) is 6.17. The summed E-state index contributed by atoms with van der Waals surface area (Å²) in [5.74, 6) is 0.821. The highest BCUT2D eigenvalue weighted by Gasteiger charge is 2.30. The first-order valence-corrected chi connectivity index (χ1v) is 7.65. The third-order valence-electron chi connectivity index (χ3n) is 4.22. The Balaban J connectivity index is 1.60. The number of carbonyl (C=O) groups excluding carboxylic acids is 1. The largest absolute Gasteiger partial charge is 0.508 e. The average Bonchev–Trinajstić information content (AvgIpc) is 3.14. The number of phenols is 1. The van der Waals surface area contributed by atoms with Gasteiger partial charge in [-0.2, -0.15) is 0 Å². The minimum atomic E-state index is -0.250. The molecule has 0 fully saturated rings. The molecule has 0 saturated carbocycles. The highest BCUT2D eigenvalue weighted by atomic mass is 16.3. The maximum absolute atomic E-state index is 12.4. The van der Waals surface area contributed by atoms with E-state index in [0.717, 1.165) is 36.3 Å². The molecule has 0 spiro atoms. The minimum absolute atomic E-state index is 0.0252. The van der Waals surface area contributed by atoms with Crippen LogP contribution in [0.4, 0.5) is 0 Å². The average molecular weight is 300 g/mol. The fourth-order valence-corrected chi connectivity index (χ4v) is 3.08. The van der Waals surface area contributed by atoms with Gasteiger partial charge in [0.15, 0.2) is 0 Å². The molecule has 1 aliphatic rings. The molecule has 0 unspecified atom stereocenters. The van der Waals surface area contributed by atoms with Gasteiger partial charge >= 0.3 is 0 Å². The molecule has 0 bridgehead atoms. The predicted molar refractivity (Wildman–Crippen MR) is 81.6 cm³/mol. The van der Waals surface area contributed by atoms with E-state index in [2.05, 4.69) is 15.5 Å². The molecular formula is C16H20N4O2. The molecule has 0 radical (unpaired) electrons. The molecule has 2 aromatic rings. The van der Waals surface area contributed by atoms with E-state index in [4.69, 9.17) is 0 Å². The number of hydrogen-bond acceptors (Lipinski definition) is 4. The second-order valence-electron chi connectivity index (χ2n) is 5.52. The smallest absolute Gasteiger partial charge is 0.227 e. The molecule has 22 heavy (non-hydrogen) atoms. The van der Waals surface area contributed by atoms with E-state index < -0.39 is 0 Å². The normalized spacial score (nSPS) is 16.5. The molecule has 116 valence electrons. The first-order chi connectivity index (χ1) is 10.7. The summed E-state index contributed by atoms with van der Waals surface area (Å²) in [6.07, 6.45) is 3.94. The Morgan fingerprint density at radius 3 is 3.18 bits per heavy atom. The number of rotatable bonds is 5. The number of aryl methyl sites for hydroxylation is 2. The van der Waals surface area contributed by atoms with E-state index >= 15 is 0 Å². The van der Waals surface area contributed by atoms with Gasteiger partial charge in [0.1, 0.15) is 17.9 Å². The van der Waals surface area contributed by atoms with Crippen LogP contribution < -0.4 is 5.32 Å². The first kappa shape index (κ1) is 14.6. The standard InChI is InChI=1S/C16H20N4O2/c1-2-20-10-18-19-14(20)8-9-17-16(22)12-7-6-11-4-3-5-13(21)15(11)12/h3-5,10,12,21H,2,6-9H2,1H3,(H,17,22)/t12-/m0/s1. The number of benzene rings is 1. The molecule has 1 amide bonds. The van der Waals surface area contributed by atoms with Gasteiger partial charge in [0.2, 0.25) is 5.91 Å². The molecular weight excluding hydrogens is 280 g/mol. The SMILES string of the molecule is CCn1cnnc1CCNC(=O)[C@H]1CCc2cccc(O)c21. The van der Waals surface area contributed by atoms with Crippen molar-refractivity contribution in [2.45, 2.75) is 38.6 Å². The number of amides is 1. The number of carbonyl (C=O) groups is 1. The van der Waals surface area contributed by atoms with Gasteiger partial charge in [-0.25, -0.2) is 0 Å². The maximum atomic E-state index is 12.4. The van der Waals surface area contributed by atoms with Crippen molar-refractivity contribution < 1.29 is 9.90 Å². The van der Waals surface area contributed by atoms with Crippen LogP contribution in [0.3, 0.4) is 0 Å². The summed E-state index contributed by atoms with van der Waals surface area (Å²) in [5, 5.41) is 20.9. The van der Waals surface area contributed by atoms with Crippen molar-refractivity contribution in [3.63, 3.8) is 0 Å². The molecule has 0 saturated heterocycles. The quantitative estimate of drug-likeness (QED) is 0.874. The van der Waals surface area contributed by atoms with Crippen molar-refractivity contribution in [3.05, 3.63) is 41.5 Å². The van der Waals surface area contributed by atoms with Crippen LogP contribution in [-0.4, -0.2) is 32.3 Å². The Morgan fingerprint density at radius 1 is 1.50 bits per heavy atom. The Bertz CT molecular complexity index is 681. The van der Waals surface area contributed by atoms with Gasteiger partial charge in [-0.05, 0) is 31.4 Å². The minimum Gasteiger partial charge on any atom is -0.508 e. The van der Waals surface area contributed by atoms with Crippen molar-refractivity contribution in [2.24, 2.45) is 0 Å². The Morgan fingerprint density at radius 2 is 2.36 bits per heavy atom. The molecule has 1 aliphatic carbocycles. The van der Waals surface area contributed by atoms with E-state index in [1.807, 2.05) is 23.6 Å². The zero-order chi connectivity index (χ0) is 15.5. The lowest BCUT2D eigenvalue weighted by Gasteiger charge is -2.13. The van der Waals surface area contributed by atoms with E-state index in [-0.39, 0.29) is 17.6 Å². The summed E-state index contributed by atoms with van der Waals surface area (Å²) in [7, 11) is 0. The van der Waals surface area contributed by atoms with Gasteiger partial charge < -0.3 is 15.0 Å². The molecule has 1 aromatic carbocycles. The number of aromatic nitrogens is 3. The van der Waals surface area contributed by atoms with Crippen LogP contribution in [-0.2, 0) is 24.2 Å². The highest BCUT2D eigenvalue weighted by Crippen LogP contribution is 2.38. The van der Waals surface area contributed by atoms with E-state index in [1.165, 1.54) is 0 Å². The first-order valence-electron chi connectivity index (χ1n) is 7.65. The summed E-state index contributed by atoms with van der Waals surface area (Å²) in [5.41, 5.74) is 1.86. The molecule has 3 rings (SSSR count). The topological polar surface area (TPSA) is 80.0 Å². The Kier molecular flexibility index (Phi) is 4.09. The molecule has 0 aliphatic heterocycles. The van der Waals surface area contributed by atoms with Crippen LogP contribution in [0.15, 0.2) is 24.5 Å². The molecule has 1 heterocycles. The van der Waals surface area contributed by atoms with E-state index in [9.17, 15) is 9.90 Å². The molecule has 6 nitrogen and oxygen atoms in total. The summed E-state index contributed by atoms with van der Waals surface area (Å²) >= 11 is 0. The van der Waals surface area contributed by atoms with Crippen LogP contribution in [0.1, 0.15) is 36.2 Å². The van der Waals surface area contributed by atoms with E-state index in [0.29, 0.717) is 13.0 Å². The van der Waals surface area contributed by atoms with Crippen LogP contribution >= 0.6 is 0 Å². The lowest BCUT2D eigenvalue weighted by Crippen LogP contribution is -2.30. The Labute approximate surface area is 129 Å². The van der Waals surface area contributed by atoms with Gasteiger partial charge in [-0.15, -0.1) is 10.2 Å². The van der Waals surface area contributed by atoms with Crippen molar-refractivity contribution in [2.75, 3.05) is 6.54 Å². The number of fused-ring (bicyclic) bond motifs is 1. The zero-order valence-electron chi connectivity index (χ0n) is 12.6. The number of aromatic hydroxyl groups is 1. The predicted octanol–water partition coefficient (Wildman–Crippen LogP) is 1.39. The number of nitrogens with zero attached hydrogens (tertiary/aromatic N) is 3. The third-order valence-corrected chi connectivity index (χ3v) is 4.22. The van der Waals surface area contributed by atoms with Crippen LogP contribution in [0.5, 0.6) is 5.75 Å². The van der Waals surface area contributed by atoms with Crippen molar-refractivity contribution in [1.29, 1.82) is 0 Å². The van der Waals surface area contributed by atoms with Gasteiger partial charge in [0.05, 0.1) is 5.92 Å². The van der Waals surface area contributed by atoms with E-state index in [1.54, 1.807) is 12.4 Å². The number of phenolic OH excluding ortho intramolecular Hbond substituents is 1. The van der Waals surface area contributed by atoms with Gasteiger partial charge in [-0.3, -0.25) is 4.79 Å². The monoisotopic (exact) mass is 300 g/mol. The van der Waals surface area contributed by atoms with Crippen LogP contribution in [0.2, 0.25) is 0 Å². The van der Waals surface area contributed by atoms with Gasteiger partial charge in [-0.1, -0.05) is 12.1 Å². The molecule has 6 heteroatoms. The number of hydrogen-bond donors (Lipinski definition) is 2. The zero-order valence-corrected chi connectivity index (χ0v) is 12.6. The lowest BCUT2D eigenvalue weighted by atomic mass is 9.99. The second-order valence-corrected chi connectivity index (χ2v) is 5.52. The molecule has 1 atom stereocenters. The van der Waals surface area contributed by atoms with Gasteiger partial charge in [0.25, 0.3) is 0 Å². The summed E-state index contributed by atoms with van der Waals surface area (Å²) in [6, 6.07) is 5.45. The number of nitrogens with one attached hydrogen (secondary N) is 1.